The molecule has 2 aromatic rings. The van der Waals surface area contributed by atoms with Gasteiger partial charge in [0.05, 0.1) is 23.8 Å². The number of rotatable bonds is 8. The van der Waals surface area contributed by atoms with Gasteiger partial charge in [0.1, 0.15) is 6.04 Å². The Morgan fingerprint density at radius 3 is 2.12 bits per heavy atom. The van der Waals surface area contributed by atoms with Gasteiger partial charge in [-0.3, -0.25) is 13.9 Å². The maximum Gasteiger partial charge on any atom is 0.264 e. The summed E-state index contributed by atoms with van der Waals surface area (Å²) in [6.07, 6.45) is -0.0836. The summed E-state index contributed by atoms with van der Waals surface area (Å²) in [7, 11) is -3.88. The molecule has 0 radical (unpaired) electrons. The van der Waals surface area contributed by atoms with Crippen LogP contribution >= 0.6 is 0 Å². The second-order valence-corrected chi connectivity index (χ2v) is 10.1. The number of aryl methyl sites for hydroxylation is 2. The van der Waals surface area contributed by atoms with Gasteiger partial charge < -0.3 is 15.0 Å². The lowest BCUT2D eigenvalue weighted by atomic mass is 10.2. The average Bonchev–Trinajstić information content (AvgIpc) is 2.80. The summed E-state index contributed by atoms with van der Waals surface area (Å²) < 4.78 is 33.3. The molecule has 1 atom stereocenters. The molecule has 1 fully saturated rings. The van der Waals surface area contributed by atoms with Gasteiger partial charge in [0.2, 0.25) is 11.8 Å². The minimum Gasteiger partial charge on any atom is -0.378 e. The summed E-state index contributed by atoms with van der Waals surface area (Å²) in [5.74, 6) is -0.561. The van der Waals surface area contributed by atoms with Gasteiger partial charge in [-0.1, -0.05) is 35.4 Å². The van der Waals surface area contributed by atoms with Crippen molar-refractivity contribution in [3.05, 3.63) is 59.7 Å². The Kier molecular flexibility index (Phi) is 8.10. The number of carbonyl (C=O) groups excluding carboxylic acids is 2. The highest BCUT2D eigenvalue weighted by atomic mass is 32.2. The summed E-state index contributed by atoms with van der Waals surface area (Å²) in [6, 6.07) is 13.0. The Morgan fingerprint density at radius 1 is 1.00 bits per heavy atom. The molecule has 1 unspecified atom stereocenters. The topological polar surface area (TPSA) is 96.0 Å². The molecule has 9 heteroatoms. The Labute approximate surface area is 195 Å². The molecular formula is C24H31N3O5S. The number of hydrogen-bond donors (Lipinski definition) is 1. The fourth-order valence-corrected chi connectivity index (χ4v) is 5.04. The van der Waals surface area contributed by atoms with Crippen LogP contribution in [0.1, 0.15) is 24.5 Å². The largest absolute Gasteiger partial charge is 0.378 e. The average molecular weight is 474 g/mol. The molecule has 33 heavy (non-hydrogen) atoms. The minimum atomic E-state index is -3.88. The fourth-order valence-electron chi connectivity index (χ4n) is 3.57. The molecular weight excluding hydrogens is 442 g/mol. The normalized spacial score (nSPS) is 15.1. The zero-order chi connectivity index (χ0) is 24.0. The first-order valence-electron chi connectivity index (χ1n) is 11.0. The van der Waals surface area contributed by atoms with Crippen molar-refractivity contribution in [2.24, 2.45) is 0 Å². The third-order valence-electron chi connectivity index (χ3n) is 5.54. The number of amides is 2. The molecule has 0 aliphatic carbocycles. The van der Waals surface area contributed by atoms with Crippen molar-refractivity contribution in [1.82, 2.24) is 10.2 Å². The van der Waals surface area contributed by atoms with Crippen LogP contribution in [0.25, 0.3) is 0 Å². The molecule has 8 nitrogen and oxygen atoms in total. The maximum atomic E-state index is 13.4. The molecule has 2 aromatic carbocycles. The van der Waals surface area contributed by atoms with E-state index in [4.69, 9.17) is 4.74 Å². The molecule has 1 heterocycles. The van der Waals surface area contributed by atoms with E-state index in [0.29, 0.717) is 32.0 Å². The second kappa shape index (κ2) is 10.8. The quantitative estimate of drug-likeness (QED) is 0.635. The molecule has 178 valence electrons. The smallest absolute Gasteiger partial charge is 0.264 e. The standard InChI is InChI=1S/C24H31N3O5S/c1-18-4-8-21(9-5-18)27(33(30,31)22-10-6-19(2)7-11-22)13-12-23(28)25-20(3)24(29)26-14-16-32-17-15-26/h4-11,20H,12-17H2,1-3H3,(H,25,28). The van der Waals surface area contributed by atoms with E-state index in [1.165, 1.54) is 4.31 Å². The van der Waals surface area contributed by atoms with Crippen molar-refractivity contribution in [1.29, 1.82) is 0 Å². The van der Waals surface area contributed by atoms with Gasteiger partial charge in [-0.2, -0.15) is 0 Å². The number of ether oxygens (including phenoxy) is 1. The van der Waals surface area contributed by atoms with Crippen LogP contribution in [0.15, 0.2) is 53.4 Å². The number of nitrogens with zero attached hydrogens (tertiary/aromatic N) is 2. The first kappa shape index (κ1) is 24.7. The van der Waals surface area contributed by atoms with E-state index >= 15 is 0 Å². The van der Waals surface area contributed by atoms with Crippen molar-refractivity contribution in [3.8, 4) is 0 Å². The van der Waals surface area contributed by atoms with Crippen LogP contribution in [-0.4, -0.2) is 64.0 Å². The Morgan fingerprint density at radius 2 is 1.55 bits per heavy atom. The molecule has 3 rings (SSSR count). The van der Waals surface area contributed by atoms with Crippen molar-refractivity contribution < 1.29 is 22.7 Å². The third kappa shape index (κ3) is 6.33. The fraction of sp³-hybridized carbons (Fsp3) is 0.417. The van der Waals surface area contributed by atoms with Crippen LogP contribution in [0, 0.1) is 13.8 Å². The monoisotopic (exact) mass is 473 g/mol. The first-order valence-corrected chi connectivity index (χ1v) is 12.4. The van der Waals surface area contributed by atoms with Gasteiger partial charge >= 0.3 is 0 Å². The van der Waals surface area contributed by atoms with Crippen LogP contribution in [0.4, 0.5) is 5.69 Å². The summed E-state index contributed by atoms with van der Waals surface area (Å²) in [6.45, 7) is 7.34. The lowest BCUT2D eigenvalue weighted by Gasteiger charge is -2.29. The third-order valence-corrected chi connectivity index (χ3v) is 7.39. The van der Waals surface area contributed by atoms with Gasteiger partial charge in [-0.05, 0) is 45.0 Å². The number of benzene rings is 2. The number of anilines is 1. The summed E-state index contributed by atoms with van der Waals surface area (Å²) >= 11 is 0. The molecule has 0 aromatic heterocycles. The Bertz CT molecular complexity index is 1060. The minimum absolute atomic E-state index is 0.0520. The van der Waals surface area contributed by atoms with Crippen molar-refractivity contribution in [2.45, 2.75) is 38.1 Å². The summed E-state index contributed by atoms with van der Waals surface area (Å²) in [5.41, 5.74) is 2.43. The highest BCUT2D eigenvalue weighted by Crippen LogP contribution is 2.24. The van der Waals surface area contributed by atoms with E-state index in [1.54, 1.807) is 48.2 Å². The molecule has 0 spiro atoms. The molecule has 1 saturated heterocycles. The SMILES string of the molecule is Cc1ccc(N(CCC(=O)NC(C)C(=O)N2CCOCC2)S(=O)(=O)c2ccc(C)cc2)cc1. The van der Waals surface area contributed by atoms with Crippen LogP contribution in [-0.2, 0) is 24.3 Å². The lowest BCUT2D eigenvalue weighted by Crippen LogP contribution is -2.50. The van der Waals surface area contributed by atoms with Gasteiger partial charge in [0.15, 0.2) is 0 Å². The Hall–Kier alpha value is -2.91. The van der Waals surface area contributed by atoms with E-state index in [1.807, 2.05) is 26.0 Å². The number of hydrogen-bond acceptors (Lipinski definition) is 5. The lowest BCUT2D eigenvalue weighted by molar-refractivity contribution is -0.139. The van der Waals surface area contributed by atoms with E-state index in [-0.39, 0.29) is 29.7 Å². The van der Waals surface area contributed by atoms with Gasteiger partial charge in [-0.25, -0.2) is 8.42 Å². The van der Waals surface area contributed by atoms with E-state index in [2.05, 4.69) is 5.32 Å². The van der Waals surface area contributed by atoms with Crippen molar-refractivity contribution in [3.63, 3.8) is 0 Å². The molecule has 2 amide bonds. The highest BCUT2D eigenvalue weighted by Gasteiger charge is 2.27. The second-order valence-electron chi connectivity index (χ2n) is 8.20. The van der Waals surface area contributed by atoms with Crippen LogP contribution in [0.2, 0.25) is 0 Å². The highest BCUT2D eigenvalue weighted by molar-refractivity contribution is 7.92. The van der Waals surface area contributed by atoms with E-state index in [9.17, 15) is 18.0 Å². The number of sulfonamides is 1. The zero-order valence-electron chi connectivity index (χ0n) is 19.3. The predicted octanol–water partition coefficient (Wildman–Crippen LogP) is 2.25. The van der Waals surface area contributed by atoms with E-state index < -0.39 is 16.1 Å². The van der Waals surface area contributed by atoms with Crippen LogP contribution in [0.3, 0.4) is 0 Å². The number of morpholine rings is 1. The zero-order valence-corrected chi connectivity index (χ0v) is 20.1. The number of nitrogens with one attached hydrogen (secondary N) is 1. The van der Waals surface area contributed by atoms with Crippen molar-refractivity contribution >= 4 is 27.5 Å². The summed E-state index contributed by atoms with van der Waals surface area (Å²) in [5, 5.41) is 2.70. The summed E-state index contributed by atoms with van der Waals surface area (Å²) in [4.78, 5) is 27.0. The van der Waals surface area contributed by atoms with Gasteiger partial charge in [0.25, 0.3) is 10.0 Å². The van der Waals surface area contributed by atoms with Crippen LogP contribution in [0.5, 0.6) is 0 Å². The Balaban J connectivity index is 1.72. The molecule has 1 N–H and O–H groups in total. The first-order chi connectivity index (χ1) is 15.7. The van der Waals surface area contributed by atoms with Crippen molar-refractivity contribution in [2.75, 3.05) is 37.2 Å². The maximum absolute atomic E-state index is 13.4. The van der Waals surface area contributed by atoms with Gasteiger partial charge in [0, 0.05) is 26.1 Å². The molecule has 0 saturated carbocycles. The molecule has 1 aliphatic rings. The number of carbonyl (C=O) groups is 2. The van der Waals surface area contributed by atoms with Gasteiger partial charge in [-0.15, -0.1) is 0 Å². The molecule has 0 bridgehead atoms. The predicted molar refractivity (Wildman–Crippen MR) is 127 cm³/mol. The van der Waals surface area contributed by atoms with Crippen LogP contribution < -0.4 is 9.62 Å². The molecule has 1 aliphatic heterocycles. The van der Waals surface area contributed by atoms with E-state index in [0.717, 1.165) is 11.1 Å².